The lowest BCUT2D eigenvalue weighted by Crippen LogP contribution is -2.34. The average Bonchev–Trinajstić information content (AvgIpc) is 3.26. The van der Waals surface area contributed by atoms with E-state index in [1.807, 2.05) is 0 Å². The SMILES string of the molecule is COc1nc(Nc2ncc3c(n2)N(C)C(c2cc(F)cc(F)c2)CO3)c(F)cc1-c1cnn(C)c1. The fourth-order valence-corrected chi connectivity index (χ4v) is 3.88. The lowest BCUT2D eigenvalue weighted by molar-refractivity contribution is 0.264. The number of methoxy groups -OCH3 is 1. The van der Waals surface area contributed by atoms with Crippen LogP contribution in [0.5, 0.6) is 11.6 Å². The third kappa shape index (κ3) is 4.29. The monoisotopic (exact) mass is 483 g/mol. The van der Waals surface area contributed by atoms with Crippen molar-refractivity contribution in [1.82, 2.24) is 24.7 Å². The minimum Gasteiger partial charge on any atom is -0.486 e. The molecule has 1 atom stereocenters. The Bertz CT molecular complexity index is 1390. The smallest absolute Gasteiger partial charge is 0.230 e. The number of rotatable bonds is 5. The van der Waals surface area contributed by atoms with Crippen molar-refractivity contribution in [2.45, 2.75) is 6.04 Å². The highest BCUT2D eigenvalue weighted by molar-refractivity contribution is 5.70. The number of pyridine rings is 1. The predicted octanol–water partition coefficient (Wildman–Crippen LogP) is 4.01. The normalized spacial score (nSPS) is 14.9. The zero-order valence-electron chi connectivity index (χ0n) is 19.0. The standard InChI is InChI=1S/C23H20F3N7O2/c1-32-10-13(8-28-32)16-7-17(26)20(29-22(16)34-3)30-23-27-9-19-21(31-23)33(2)18(11-35-19)12-4-14(24)6-15(25)5-12/h4-10,18H,11H2,1-3H3,(H,27,29,30,31). The van der Waals surface area contributed by atoms with Gasteiger partial charge < -0.3 is 19.7 Å². The molecule has 4 aromatic rings. The Morgan fingerprint density at radius 2 is 1.83 bits per heavy atom. The van der Waals surface area contributed by atoms with Crippen LogP contribution in [0.2, 0.25) is 0 Å². The molecular weight excluding hydrogens is 463 g/mol. The van der Waals surface area contributed by atoms with E-state index < -0.39 is 23.5 Å². The zero-order chi connectivity index (χ0) is 24.7. The second-order valence-corrected chi connectivity index (χ2v) is 7.93. The highest BCUT2D eigenvalue weighted by Crippen LogP contribution is 2.38. The van der Waals surface area contributed by atoms with Crippen LogP contribution < -0.4 is 19.7 Å². The minimum absolute atomic E-state index is 0.0489. The van der Waals surface area contributed by atoms with E-state index in [4.69, 9.17) is 9.47 Å². The lowest BCUT2D eigenvalue weighted by atomic mass is 10.0. The highest BCUT2D eigenvalue weighted by Gasteiger charge is 2.29. The molecule has 0 amide bonds. The van der Waals surface area contributed by atoms with Crippen molar-refractivity contribution in [3.63, 3.8) is 0 Å². The molecule has 4 heterocycles. The van der Waals surface area contributed by atoms with Gasteiger partial charge in [0.25, 0.3) is 0 Å². The molecule has 0 bridgehead atoms. The first-order chi connectivity index (χ1) is 16.8. The molecule has 0 saturated carbocycles. The van der Waals surface area contributed by atoms with Gasteiger partial charge in [0.1, 0.15) is 18.2 Å². The zero-order valence-corrected chi connectivity index (χ0v) is 19.0. The van der Waals surface area contributed by atoms with Gasteiger partial charge in [-0.05, 0) is 23.8 Å². The van der Waals surface area contributed by atoms with Crippen LogP contribution in [0.3, 0.4) is 0 Å². The molecule has 0 saturated heterocycles. The molecular formula is C23H20F3N7O2. The summed E-state index contributed by atoms with van der Waals surface area (Å²) in [6.07, 6.45) is 4.73. The number of anilines is 3. The summed E-state index contributed by atoms with van der Waals surface area (Å²) in [5.74, 6) is -1.18. The van der Waals surface area contributed by atoms with E-state index in [1.54, 1.807) is 36.1 Å². The first-order valence-electron chi connectivity index (χ1n) is 10.5. The van der Waals surface area contributed by atoms with Crippen molar-refractivity contribution in [3.05, 3.63) is 65.9 Å². The first-order valence-corrected chi connectivity index (χ1v) is 10.5. The van der Waals surface area contributed by atoms with E-state index in [2.05, 4.69) is 25.4 Å². The van der Waals surface area contributed by atoms with Gasteiger partial charge in [-0.15, -0.1) is 0 Å². The number of aryl methyl sites for hydroxylation is 1. The van der Waals surface area contributed by atoms with E-state index in [-0.39, 0.29) is 24.3 Å². The second-order valence-electron chi connectivity index (χ2n) is 7.93. The summed E-state index contributed by atoms with van der Waals surface area (Å²) in [6.45, 7) is 0.145. The van der Waals surface area contributed by atoms with Crippen LogP contribution in [-0.4, -0.2) is 45.5 Å². The van der Waals surface area contributed by atoms with Crippen molar-refractivity contribution in [3.8, 4) is 22.8 Å². The maximum atomic E-state index is 14.9. The van der Waals surface area contributed by atoms with Crippen LogP contribution in [0, 0.1) is 17.5 Å². The van der Waals surface area contributed by atoms with Gasteiger partial charge in [-0.2, -0.15) is 15.1 Å². The number of halogens is 3. The molecule has 1 aliphatic rings. The minimum atomic E-state index is -0.686. The van der Waals surface area contributed by atoms with E-state index in [9.17, 15) is 13.2 Å². The van der Waals surface area contributed by atoms with Crippen molar-refractivity contribution in [2.75, 3.05) is 31.0 Å². The number of nitrogens with zero attached hydrogens (tertiary/aromatic N) is 6. The van der Waals surface area contributed by atoms with E-state index >= 15 is 0 Å². The van der Waals surface area contributed by atoms with Gasteiger partial charge in [-0.3, -0.25) is 4.68 Å². The van der Waals surface area contributed by atoms with Gasteiger partial charge in [0, 0.05) is 31.9 Å². The molecule has 0 spiro atoms. The Kier molecular flexibility index (Phi) is 5.63. The Morgan fingerprint density at radius 1 is 1.06 bits per heavy atom. The van der Waals surface area contributed by atoms with Gasteiger partial charge in [0.05, 0.1) is 31.1 Å². The number of hydrogen-bond acceptors (Lipinski definition) is 8. The van der Waals surface area contributed by atoms with Crippen molar-refractivity contribution in [2.24, 2.45) is 7.05 Å². The van der Waals surface area contributed by atoms with Gasteiger partial charge >= 0.3 is 0 Å². The van der Waals surface area contributed by atoms with Gasteiger partial charge in [0.15, 0.2) is 23.2 Å². The molecule has 0 radical (unpaired) electrons. The van der Waals surface area contributed by atoms with Crippen LogP contribution in [0.4, 0.5) is 30.8 Å². The van der Waals surface area contributed by atoms with Crippen LogP contribution in [0.15, 0.2) is 42.9 Å². The van der Waals surface area contributed by atoms with Gasteiger partial charge in [-0.25, -0.2) is 18.2 Å². The molecule has 1 aromatic carbocycles. The molecule has 9 nitrogen and oxygen atoms in total. The fraction of sp³-hybridized carbons (Fsp3) is 0.217. The van der Waals surface area contributed by atoms with Crippen LogP contribution in [0.25, 0.3) is 11.1 Å². The van der Waals surface area contributed by atoms with E-state index in [0.717, 1.165) is 6.07 Å². The Hall–Kier alpha value is -4.35. The van der Waals surface area contributed by atoms with Crippen molar-refractivity contribution in [1.29, 1.82) is 0 Å². The molecule has 1 unspecified atom stereocenters. The highest BCUT2D eigenvalue weighted by atomic mass is 19.1. The van der Waals surface area contributed by atoms with Crippen molar-refractivity contribution >= 4 is 17.6 Å². The molecule has 3 aromatic heterocycles. The molecule has 5 rings (SSSR count). The Labute approximate surface area is 198 Å². The summed E-state index contributed by atoms with van der Waals surface area (Å²) in [5.41, 5.74) is 1.48. The number of ether oxygens (including phenoxy) is 2. The first kappa shape index (κ1) is 22.4. The summed E-state index contributed by atoms with van der Waals surface area (Å²) < 4.78 is 55.1. The molecule has 0 fully saturated rings. The number of likely N-dealkylation sites (N-methyl/N-ethyl adjacent to an activating group) is 1. The quantitative estimate of drug-likeness (QED) is 0.456. The molecule has 1 N–H and O–H groups in total. The summed E-state index contributed by atoms with van der Waals surface area (Å²) in [5, 5.41) is 6.85. The molecule has 180 valence electrons. The molecule has 0 aliphatic carbocycles. The number of benzene rings is 1. The number of fused-ring (bicyclic) bond motifs is 1. The number of nitrogens with one attached hydrogen (secondary N) is 1. The second kappa shape index (κ2) is 8.78. The number of hydrogen-bond donors (Lipinski definition) is 1. The van der Waals surface area contributed by atoms with Crippen LogP contribution >= 0.6 is 0 Å². The molecule has 12 heteroatoms. The summed E-state index contributed by atoms with van der Waals surface area (Å²) >= 11 is 0. The average molecular weight is 483 g/mol. The van der Waals surface area contributed by atoms with E-state index in [1.165, 1.54) is 31.5 Å². The largest absolute Gasteiger partial charge is 0.486 e. The fourth-order valence-electron chi connectivity index (χ4n) is 3.88. The summed E-state index contributed by atoms with van der Waals surface area (Å²) in [4.78, 5) is 14.5. The summed E-state index contributed by atoms with van der Waals surface area (Å²) in [6, 6.07) is 4.08. The topological polar surface area (TPSA) is 90.2 Å². The lowest BCUT2D eigenvalue weighted by Gasteiger charge is -2.35. The molecule has 1 aliphatic heterocycles. The number of aromatic nitrogens is 5. The third-order valence-electron chi connectivity index (χ3n) is 5.58. The van der Waals surface area contributed by atoms with Gasteiger partial charge in [-0.1, -0.05) is 0 Å². The van der Waals surface area contributed by atoms with Gasteiger partial charge in [0.2, 0.25) is 11.8 Å². The maximum Gasteiger partial charge on any atom is 0.230 e. The maximum absolute atomic E-state index is 14.9. The predicted molar refractivity (Wildman–Crippen MR) is 121 cm³/mol. The van der Waals surface area contributed by atoms with E-state index in [0.29, 0.717) is 28.3 Å². The Balaban J connectivity index is 1.44. The van der Waals surface area contributed by atoms with Crippen LogP contribution in [0.1, 0.15) is 11.6 Å². The molecule has 35 heavy (non-hydrogen) atoms. The van der Waals surface area contributed by atoms with Crippen molar-refractivity contribution < 1.29 is 22.6 Å². The summed E-state index contributed by atoms with van der Waals surface area (Å²) in [7, 11) is 4.90. The Morgan fingerprint density at radius 3 is 2.51 bits per heavy atom. The van der Waals surface area contributed by atoms with Crippen LogP contribution in [-0.2, 0) is 7.05 Å². The third-order valence-corrected chi connectivity index (χ3v) is 5.58.